The summed E-state index contributed by atoms with van der Waals surface area (Å²) in [4.78, 5) is 23.6. The molecule has 202 valence electrons. The van der Waals surface area contributed by atoms with Crippen molar-refractivity contribution in [3.8, 4) is 17.2 Å². The van der Waals surface area contributed by atoms with Crippen molar-refractivity contribution in [2.45, 2.75) is 41.0 Å². The number of alkyl halides is 3. The molecule has 0 fully saturated rings. The predicted molar refractivity (Wildman–Crippen MR) is 139 cm³/mol. The van der Waals surface area contributed by atoms with E-state index in [1.165, 1.54) is 0 Å². The van der Waals surface area contributed by atoms with E-state index >= 15 is 0 Å². The van der Waals surface area contributed by atoms with Gasteiger partial charge in [-0.25, -0.2) is 9.59 Å². The van der Waals surface area contributed by atoms with Crippen molar-refractivity contribution in [2.24, 2.45) is 0 Å². The van der Waals surface area contributed by atoms with Crippen LogP contribution in [0.2, 0.25) is 0 Å². The molecular weight excluding hydrogens is 501 g/mol. The second-order valence-electron chi connectivity index (χ2n) is 8.48. The number of ether oxygens (including phenoxy) is 3. The molecule has 0 heterocycles. The van der Waals surface area contributed by atoms with Gasteiger partial charge in [-0.2, -0.15) is 0 Å². The van der Waals surface area contributed by atoms with Crippen molar-refractivity contribution in [1.29, 1.82) is 0 Å². The number of carbonyl (C=O) groups excluding carboxylic acids is 1. The molecule has 0 bridgehead atoms. The molecule has 2 aromatic carbocycles. The van der Waals surface area contributed by atoms with Gasteiger partial charge in [-0.15, -0.1) is 13.2 Å². The summed E-state index contributed by atoms with van der Waals surface area (Å²) in [6.07, 6.45) is 5.39. The molecule has 0 radical (unpaired) electrons. The first-order valence-electron chi connectivity index (χ1n) is 11.4. The minimum Gasteiger partial charge on any atom is -0.496 e. The lowest BCUT2D eigenvalue weighted by atomic mass is 9.96. The molecule has 2 aromatic rings. The number of aryl methyl sites for hydroxylation is 1. The number of methoxy groups -OCH3 is 1. The third-order valence-corrected chi connectivity index (χ3v) is 5.53. The second kappa shape index (κ2) is 12.8. The molecular formula is C29H29F3O6. The SMILES string of the molecule is COc1cc(C)c(/C=C/C(C)=C/C=C/C(C)=C/C(=O)Oc2ccc(OC(F)(F)F)cc2C(=O)O)c(C)c1C. The van der Waals surface area contributed by atoms with E-state index in [1.54, 1.807) is 26.2 Å². The fourth-order valence-electron chi connectivity index (χ4n) is 3.49. The van der Waals surface area contributed by atoms with Crippen molar-refractivity contribution >= 4 is 18.0 Å². The quantitative estimate of drug-likeness (QED) is 0.159. The van der Waals surface area contributed by atoms with Gasteiger partial charge in [0.05, 0.1) is 7.11 Å². The summed E-state index contributed by atoms with van der Waals surface area (Å²) in [6.45, 7) is 9.64. The monoisotopic (exact) mass is 530 g/mol. The van der Waals surface area contributed by atoms with Crippen LogP contribution >= 0.6 is 0 Å². The molecule has 0 amide bonds. The first-order valence-corrected chi connectivity index (χ1v) is 11.4. The topological polar surface area (TPSA) is 82.1 Å². The summed E-state index contributed by atoms with van der Waals surface area (Å²) in [5.41, 5.74) is 5.23. The van der Waals surface area contributed by atoms with Gasteiger partial charge in [0.2, 0.25) is 0 Å². The van der Waals surface area contributed by atoms with Gasteiger partial charge in [-0.3, -0.25) is 0 Å². The Morgan fingerprint density at radius 1 is 0.947 bits per heavy atom. The zero-order chi connectivity index (χ0) is 28.6. The summed E-state index contributed by atoms with van der Waals surface area (Å²) in [7, 11) is 1.65. The smallest absolute Gasteiger partial charge is 0.496 e. The standard InChI is InChI=1S/C29H29F3O6/c1-17(10-12-23-19(3)15-26(36-6)21(5)20(23)4)8-7-9-18(2)14-27(33)37-25-13-11-22(38-29(30,31)32)16-24(25)28(34)35/h7-16H,1-6H3,(H,34,35)/b9-7+,12-10+,17-8+,18-14+. The summed E-state index contributed by atoms with van der Waals surface area (Å²) < 4.78 is 51.3. The van der Waals surface area contributed by atoms with Gasteiger partial charge in [0.15, 0.2) is 0 Å². The molecule has 0 unspecified atom stereocenters. The summed E-state index contributed by atoms with van der Waals surface area (Å²) >= 11 is 0. The van der Waals surface area contributed by atoms with E-state index in [9.17, 15) is 27.9 Å². The number of carbonyl (C=O) groups is 2. The molecule has 38 heavy (non-hydrogen) atoms. The lowest BCUT2D eigenvalue weighted by Gasteiger charge is -2.13. The number of carboxylic acids is 1. The van der Waals surface area contributed by atoms with Crippen molar-refractivity contribution in [2.75, 3.05) is 7.11 Å². The average molecular weight is 531 g/mol. The van der Waals surface area contributed by atoms with Crippen LogP contribution in [0.15, 0.2) is 65.8 Å². The number of hydrogen-bond acceptors (Lipinski definition) is 5. The summed E-state index contributed by atoms with van der Waals surface area (Å²) in [6, 6.07) is 4.41. The van der Waals surface area contributed by atoms with Crippen LogP contribution in [-0.4, -0.2) is 30.5 Å². The highest BCUT2D eigenvalue weighted by Crippen LogP contribution is 2.30. The number of aromatic carboxylic acids is 1. The molecule has 0 aliphatic heterocycles. The molecule has 0 spiro atoms. The van der Waals surface area contributed by atoms with Gasteiger partial charge >= 0.3 is 18.3 Å². The van der Waals surface area contributed by atoms with Gasteiger partial charge in [0.25, 0.3) is 0 Å². The molecule has 9 heteroatoms. The molecule has 0 saturated heterocycles. The Morgan fingerprint density at radius 3 is 2.24 bits per heavy atom. The van der Waals surface area contributed by atoms with Crippen LogP contribution in [0.1, 0.15) is 46.5 Å². The van der Waals surface area contributed by atoms with Crippen molar-refractivity contribution in [3.05, 3.63) is 93.6 Å². The molecule has 0 aromatic heterocycles. The van der Waals surface area contributed by atoms with E-state index in [0.29, 0.717) is 11.6 Å². The van der Waals surface area contributed by atoms with Crippen molar-refractivity contribution < 1.29 is 42.1 Å². The Kier molecular flexibility index (Phi) is 10.1. The lowest BCUT2D eigenvalue weighted by molar-refractivity contribution is -0.274. The fraction of sp³-hybridized carbons (Fsp3) is 0.241. The predicted octanol–water partition coefficient (Wildman–Crippen LogP) is 7.28. The molecule has 0 saturated carbocycles. The highest BCUT2D eigenvalue weighted by atomic mass is 19.4. The van der Waals surface area contributed by atoms with Gasteiger partial charge in [0, 0.05) is 6.08 Å². The van der Waals surface area contributed by atoms with Crippen molar-refractivity contribution in [1.82, 2.24) is 0 Å². The molecule has 6 nitrogen and oxygen atoms in total. The number of benzene rings is 2. The highest BCUT2D eigenvalue weighted by Gasteiger charge is 2.31. The average Bonchev–Trinajstić information content (AvgIpc) is 2.81. The number of rotatable bonds is 9. The largest absolute Gasteiger partial charge is 0.573 e. The van der Waals surface area contributed by atoms with E-state index in [0.717, 1.165) is 51.8 Å². The van der Waals surface area contributed by atoms with E-state index < -0.39 is 35.4 Å². The van der Waals surface area contributed by atoms with Crippen LogP contribution in [0.3, 0.4) is 0 Å². The third-order valence-electron chi connectivity index (χ3n) is 5.53. The first-order chi connectivity index (χ1) is 17.7. The van der Waals surface area contributed by atoms with E-state index in [4.69, 9.17) is 9.47 Å². The van der Waals surface area contributed by atoms with Crippen LogP contribution in [0, 0.1) is 20.8 Å². The number of esters is 1. The van der Waals surface area contributed by atoms with Gasteiger partial charge in [0.1, 0.15) is 22.8 Å². The fourth-order valence-corrected chi connectivity index (χ4v) is 3.49. The molecule has 0 atom stereocenters. The zero-order valence-electron chi connectivity index (χ0n) is 21.9. The Balaban J connectivity index is 2.10. The maximum absolute atomic E-state index is 12.4. The van der Waals surface area contributed by atoms with E-state index in [-0.39, 0.29) is 0 Å². The van der Waals surface area contributed by atoms with Crippen LogP contribution in [0.4, 0.5) is 13.2 Å². The van der Waals surface area contributed by atoms with Gasteiger partial charge in [-0.05, 0) is 86.7 Å². The van der Waals surface area contributed by atoms with Crippen LogP contribution in [-0.2, 0) is 4.79 Å². The second-order valence-corrected chi connectivity index (χ2v) is 8.48. The summed E-state index contributed by atoms with van der Waals surface area (Å²) in [5.74, 6) is -2.77. The third kappa shape index (κ3) is 8.69. The van der Waals surface area contributed by atoms with E-state index in [1.807, 2.05) is 52.0 Å². The lowest BCUT2D eigenvalue weighted by Crippen LogP contribution is -2.17. The summed E-state index contributed by atoms with van der Waals surface area (Å²) in [5, 5.41) is 9.26. The Bertz CT molecular complexity index is 1330. The van der Waals surface area contributed by atoms with Gasteiger partial charge in [-0.1, -0.05) is 36.0 Å². The normalized spacial score (nSPS) is 12.8. The molecule has 0 aliphatic rings. The minimum absolute atomic E-state index is 0.412. The molecule has 0 aliphatic carbocycles. The van der Waals surface area contributed by atoms with Crippen LogP contribution in [0.25, 0.3) is 6.08 Å². The zero-order valence-corrected chi connectivity index (χ0v) is 21.9. The first kappa shape index (κ1) is 30.0. The number of hydrogen-bond donors (Lipinski definition) is 1. The highest BCUT2D eigenvalue weighted by molar-refractivity contribution is 5.94. The van der Waals surface area contributed by atoms with Crippen molar-refractivity contribution in [3.63, 3.8) is 0 Å². The Labute approximate surface area is 219 Å². The van der Waals surface area contributed by atoms with Gasteiger partial charge < -0.3 is 19.3 Å². The van der Waals surface area contributed by atoms with Crippen LogP contribution in [0.5, 0.6) is 17.2 Å². The molecule has 2 rings (SSSR count). The number of allylic oxidation sites excluding steroid dienone is 6. The Morgan fingerprint density at radius 2 is 1.63 bits per heavy atom. The number of carboxylic acid groups (broad SMARTS) is 1. The number of halogens is 3. The Hall–Kier alpha value is -4.27. The molecule has 1 N–H and O–H groups in total. The maximum Gasteiger partial charge on any atom is 0.573 e. The minimum atomic E-state index is -4.99. The maximum atomic E-state index is 12.4. The van der Waals surface area contributed by atoms with Crippen LogP contribution < -0.4 is 14.2 Å². The van der Waals surface area contributed by atoms with E-state index in [2.05, 4.69) is 4.74 Å².